The van der Waals surface area contributed by atoms with Crippen molar-refractivity contribution in [1.29, 1.82) is 0 Å². The molecule has 1 aromatic heterocycles. The molecule has 2 rings (SSSR count). The van der Waals surface area contributed by atoms with Gasteiger partial charge in [-0.3, -0.25) is 9.59 Å². The number of aryl methyl sites for hydroxylation is 1. The van der Waals surface area contributed by atoms with Crippen LogP contribution in [0.3, 0.4) is 0 Å². The minimum absolute atomic E-state index is 0.00715. The van der Waals surface area contributed by atoms with E-state index < -0.39 is 11.9 Å². The van der Waals surface area contributed by atoms with Crippen molar-refractivity contribution in [2.24, 2.45) is 5.10 Å². The number of nitrogens with one attached hydrogen (secondary N) is 1. The predicted molar refractivity (Wildman–Crippen MR) is 84.8 cm³/mol. The molecule has 1 heterocycles. The van der Waals surface area contributed by atoms with Gasteiger partial charge in [0.1, 0.15) is 5.56 Å². The monoisotopic (exact) mass is 313 g/mol. The molecule has 0 fully saturated rings. The highest BCUT2D eigenvalue weighted by Gasteiger charge is 2.10. The fourth-order valence-corrected chi connectivity index (χ4v) is 1.90. The molecule has 1 aromatic carbocycles. The molecular formula is C16H15N3O4. The Balaban J connectivity index is 2.07. The Labute approximate surface area is 131 Å². The highest BCUT2D eigenvalue weighted by molar-refractivity contribution is 5.94. The normalized spacial score (nSPS) is 10.7. The van der Waals surface area contributed by atoms with Gasteiger partial charge in [0.2, 0.25) is 0 Å². The second-order valence-corrected chi connectivity index (χ2v) is 4.64. The average molecular weight is 313 g/mol. The molecule has 23 heavy (non-hydrogen) atoms. The Hall–Kier alpha value is -3.22. The van der Waals surface area contributed by atoms with Gasteiger partial charge in [-0.25, -0.2) is 10.2 Å². The van der Waals surface area contributed by atoms with E-state index in [1.165, 1.54) is 29.0 Å². The average Bonchev–Trinajstić information content (AvgIpc) is 2.55. The molecule has 0 bridgehead atoms. The van der Waals surface area contributed by atoms with Crippen molar-refractivity contribution in [3.63, 3.8) is 0 Å². The zero-order chi connectivity index (χ0) is 16.8. The summed E-state index contributed by atoms with van der Waals surface area (Å²) in [6, 6.07) is 9.04. The topological polar surface area (TPSA) is 101 Å². The third kappa shape index (κ3) is 3.91. The molecule has 118 valence electrons. The molecule has 2 N–H and O–H groups in total. The van der Waals surface area contributed by atoms with E-state index >= 15 is 0 Å². The van der Waals surface area contributed by atoms with Gasteiger partial charge in [0.25, 0.3) is 11.5 Å². The Morgan fingerprint density at radius 1 is 1.26 bits per heavy atom. The number of hydrogen-bond acceptors (Lipinski definition) is 4. The number of aromatic carboxylic acids is 1. The van der Waals surface area contributed by atoms with E-state index in [0.29, 0.717) is 12.1 Å². The maximum atomic E-state index is 12.0. The Morgan fingerprint density at radius 2 is 1.96 bits per heavy atom. The summed E-state index contributed by atoms with van der Waals surface area (Å²) in [6.07, 6.45) is 2.97. The van der Waals surface area contributed by atoms with Gasteiger partial charge < -0.3 is 9.67 Å². The summed E-state index contributed by atoms with van der Waals surface area (Å²) in [5, 5.41) is 12.6. The maximum Gasteiger partial charge on any atom is 0.335 e. The number of aromatic nitrogens is 1. The Morgan fingerprint density at radius 3 is 2.57 bits per heavy atom. The number of carbonyl (C=O) groups is 2. The largest absolute Gasteiger partial charge is 0.478 e. The van der Waals surface area contributed by atoms with E-state index in [0.717, 1.165) is 0 Å². The quantitative estimate of drug-likeness (QED) is 0.642. The third-order valence-corrected chi connectivity index (χ3v) is 3.14. The number of rotatable bonds is 5. The summed E-state index contributed by atoms with van der Waals surface area (Å²) in [6.45, 7) is 2.28. The van der Waals surface area contributed by atoms with Crippen molar-refractivity contribution in [1.82, 2.24) is 9.99 Å². The third-order valence-electron chi connectivity index (χ3n) is 3.14. The first-order valence-electron chi connectivity index (χ1n) is 6.89. The van der Waals surface area contributed by atoms with E-state index in [4.69, 9.17) is 5.11 Å². The first-order valence-corrected chi connectivity index (χ1v) is 6.89. The molecule has 0 saturated heterocycles. The van der Waals surface area contributed by atoms with E-state index in [1.807, 2.05) is 6.92 Å². The first-order chi connectivity index (χ1) is 11.0. The van der Waals surface area contributed by atoms with Crippen molar-refractivity contribution in [3.8, 4) is 0 Å². The molecule has 0 aliphatic rings. The smallest absolute Gasteiger partial charge is 0.335 e. The number of carboxylic acids is 1. The van der Waals surface area contributed by atoms with E-state index in [1.54, 1.807) is 24.4 Å². The van der Waals surface area contributed by atoms with Crippen LogP contribution in [0.25, 0.3) is 0 Å². The Bertz CT molecular complexity index is 807. The number of amides is 1. The van der Waals surface area contributed by atoms with Crippen molar-refractivity contribution < 1.29 is 14.7 Å². The van der Waals surface area contributed by atoms with Crippen LogP contribution in [0.2, 0.25) is 0 Å². The van der Waals surface area contributed by atoms with E-state index in [9.17, 15) is 14.4 Å². The van der Waals surface area contributed by atoms with Gasteiger partial charge in [-0.1, -0.05) is 12.1 Å². The van der Waals surface area contributed by atoms with Crippen molar-refractivity contribution >= 4 is 18.1 Å². The lowest BCUT2D eigenvalue weighted by Gasteiger charge is -2.04. The highest BCUT2D eigenvalue weighted by Crippen LogP contribution is 2.02. The molecule has 0 saturated carbocycles. The molecule has 7 heteroatoms. The summed E-state index contributed by atoms with van der Waals surface area (Å²) in [4.78, 5) is 34.7. The number of carbonyl (C=O) groups excluding carboxylic acids is 1. The molecule has 0 spiro atoms. The zero-order valence-electron chi connectivity index (χ0n) is 12.4. The van der Waals surface area contributed by atoms with Crippen LogP contribution < -0.4 is 11.0 Å². The molecule has 1 amide bonds. The molecule has 2 aromatic rings. The van der Waals surface area contributed by atoms with Gasteiger partial charge in [-0.15, -0.1) is 0 Å². The van der Waals surface area contributed by atoms with Crippen molar-refractivity contribution in [2.75, 3.05) is 0 Å². The standard InChI is InChI=1S/C16H15N3O4/c1-2-19-9-3-4-13(15(19)21)14(20)18-17-10-11-5-7-12(8-6-11)16(22)23/h3-10H,2H2,1H3,(H,18,20)(H,22,23)/b17-10-. The van der Waals surface area contributed by atoms with Gasteiger partial charge in [-0.05, 0) is 36.8 Å². The molecular weight excluding hydrogens is 298 g/mol. The summed E-state index contributed by atoms with van der Waals surface area (Å²) >= 11 is 0. The summed E-state index contributed by atoms with van der Waals surface area (Å²) < 4.78 is 1.42. The van der Waals surface area contributed by atoms with Crippen LogP contribution in [0.15, 0.2) is 52.5 Å². The number of benzene rings is 1. The van der Waals surface area contributed by atoms with Crippen LogP contribution in [0, 0.1) is 0 Å². The minimum atomic E-state index is -1.02. The van der Waals surface area contributed by atoms with Gasteiger partial charge in [0, 0.05) is 12.7 Å². The SMILES string of the molecule is CCn1cccc(C(=O)N/N=C\c2ccc(C(=O)O)cc2)c1=O. The second-order valence-electron chi connectivity index (χ2n) is 4.64. The summed E-state index contributed by atoms with van der Waals surface area (Å²) in [7, 11) is 0. The number of carboxylic acid groups (broad SMARTS) is 1. The fourth-order valence-electron chi connectivity index (χ4n) is 1.90. The van der Waals surface area contributed by atoms with Crippen LogP contribution in [0.5, 0.6) is 0 Å². The minimum Gasteiger partial charge on any atom is -0.478 e. The first kappa shape index (κ1) is 16.2. The lowest BCUT2D eigenvalue weighted by molar-refractivity contribution is 0.0696. The van der Waals surface area contributed by atoms with Gasteiger partial charge >= 0.3 is 5.97 Å². The zero-order valence-corrected chi connectivity index (χ0v) is 12.4. The lowest BCUT2D eigenvalue weighted by Crippen LogP contribution is -2.30. The number of hydrazone groups is 1. The Kier molecular flexibility index (Phi) is 5.03. The highest BCUT2D eigenvalue weighted by atomic mass is 16.4. The number of hydrogen-bond donors (Lipinski definition) is 2. The van der Waals surface area contributed by atoms with Crippen LogP contribution in [0.1, 0.15) is 33.2 Å². The maximum absolute atomic E-state index is 12.0. The van der Waals surface area contributed by atoms with E-state index in [2.05, 4.69) is 10.5 Å². The van der Waals surface area contributed by atoms with Gasteiger partial charge in [-0.2, -0.15) is 5.10 Å². The van der Waals surface area contributed by atoms with Crippen molar-refractivity contribution in [2.45, 2.75) is 13.5 Å². The predicted octanol–water partition coefficient (Wildman–Crippen LogP) is 1.33. The molecule has 0 aliphatic carbocycles. The number of pyridine rings is 1. The lowest BCUT2D eigenvalue weighted by atomic mass is 10.1. The summed E-state index contributed by atoms with van der Waals surface area (Å²) in [5.41, 5.74) is 2.69. The molecule has 7 nitrogen and oxygen atoms in total. The van der Waals surface area contributed by atoms with Crippen molar-refractivity contribution in [3.05, 3.63) is 69.6 Å². The van der Waals surface area contributed by atoms with Crippen LogP contribution in [-0.2, 0) is 6.54 Å². The molecule has 0 aliphatic heterocycles. The molecule has 0 unspecified atom stereocenters. The molecule has 0 radical (unpaired) electrons. The van der Waals surface area contributed by atoms with Crippen LogP contribution in [-0.4, -0.2) is 27.8 Å². The van der Waals surface area contributed by atoms with E-state index in [-0.39, 0.29) is 16.7 Å². The van der Waals surface area contributed by atoms with Crippen LogP contribution >= 0.6 is 0 Å². The number of nitrogens with zero attached hydrogens (tertiary/aromatic N) is 2. The summed E-state index contributed by atoms with van der Waals surface area (Å²) in [5.74, 6) is -1.62. The van der Waals surface area contributed by atoms with Crippen LogP contribution in [0.4, 0.5) is 0 Å². The second kappa shape index (κ2) is 7.17. The van der Waals surface area contributed by atoms with Gasteiger partial charge in [0.15, 0.2) is 0 Å². The fraction of sp³-hybridized carbons (Fsp3) is 0.125. The van der Waals surface area contributed by atoms with Gasteiger partial charge in [0.05, 0.1) is 11.8 Å². The molecule has 0 atom stereocenters.